The highest BCUT2D eigenvalue weighted by Crippen LogP contribution is 2.36. The summed E-state index contributed by atoms with van der Waals surface area (Å²) in [5.74, 6) is 1.52. The van der Waals surface area contributed by atoms with Crippen molar-refractivity contribution in [1.82, 2.24) is 15.0 Å². The van der Waals surface area contributed by atoms with Crippen molar-refractivity contribution < 1.29 is 9.47 Å². The SMILES string of the molecule is COc1ccc(-c2cc(-c3cccc(-c4cc(-c5ccc(OC)cc5)c5cc(C#N)ccc5n4)n3)nc3ccc(C#N)cc23)cc1. The van der Waals surface area contributed by atoms with Crippen molar-refractivity contribution in [2.45, 2.75) is 0 Å². The molecule has 0 aliphatic carbocycles. The van der Waals surface area contributed by atoms with Crippen LogP contribution in [0.2, 0.25) is 0 Å². The summed E-state index contributed by atoms with van der Waals surface area (Å²) in [7, 11) is 3.28. The van der Waals surface area contributed by atoms with Gasteiger partial charge in [-0.1, -0.05) is 30.3 Å². The maximum absolute atomic E-state index is 9.58. The minimum Gasteiger partial charge on any atom is -0.497 e. The molecule has 3 heterocycles. The second-order valence-corrected chi connectivity index (χ2v) is 10.7. The molecule has 0 spiro atoms. The van der Waals surface area contributed by atoms with E-state index in [1.54, 1.807) is 26.4 Å². The lowest BCUT2D eigenvalue weighted by atomic mass is 9.97. The molecule has 7 nitrogen and oxygen atoms in total. The van der Waals surface area contributed by atoms with Crippen molar-refractivity contribution in [3.05, 3.63) is 126 Å². The lowest BCUT2D eigenvalue weighted by Gasteiger charge is -2.13. The van der Waals surface area contributed by atoms with Crippen LogP contribution in [0.15, 0.2) is 115 Å². The van der Waals surface area contributed by atoms with Crippen molar-refractivity contribution in [3.63, 3.8) is 0 Å². The van der Waals surface area contributed by atoms with Crippen LogP contribution < -0.4 is 9.47 Å². The van der Waals surface area contributed by atoms with E-state index in [9.17, 15) is 10.5 Å². The topological polar surface area (TPSA) is 105 Å². The average Bonchev–Trinajstić information content (AvgIpc) is 3.13. The summed E-state index contributed by atoms with van der Waals surface area (Å²) in [6.45, 7) is 0. The van der Waals surface area contributed by atoms with Crippen LogP contribution in [0.1, 0.15) is 11.1 Å². The summed E-state index contributed by atoms with van der Waals surface area (Å²) in [5, 5.41) is 20.9. The Morgan fingerprint density at radius 2 is 0.913 bits per heavy atom. The summed E-state index contributed by atoms with van der Waals surface area (Å²) in [4.78, 5) is 15.0. The fourth-order valence-corrected chi connectivity index (χ4v) is 5.59. The van der Waals surface area contributed by atoms with E-state index in [2.05, 4.69) is 12.1 Å². The molecule has 0 unspecified atom stereocenters. The van der Waals surface area contributed by atoms with Crippen LogP contribution in [0.3, 0.4) is 0 Å². The zero-order chi connectivity index (χ0) is 31.6. The third-order valence-electron chi connectivity index (χ3n) is 7.95. The molecule has 46 heavy (non-hydrogen) atoms. The van der Waals surface area contributed by atoms with Gasteiger partial charge in [-0.15, -0.1) is 0 Å². The normalized spacial score (nSPS) is 10.8. The average molecular weight is 596 g/mol. The van der Waals surface area contributed by atoms with Crippen molar-refractivity contribution in [1.29, 1.82) is 10.5 Å². The minimum atomic E-state index is 0.564. The number of nitrogens with zero attached hydrogens (tertiary/aromatic N) is 5. The van der Waals surface area contributed by atoms with Crippen molar-refractivity contribution >= 4 is 21.8 Å². The van der Waals surface area contributed by atoms with E-state index in [0.29, 0.717) is 33.9 Å². The van der Waals surface area contributed by atoms with Gasteiger partial charge in [-0.25, -0.2) is 15.0 Å². The Kier molecular flexibility index (Phi) is 7.26. The van der Waals surface area contributed by atoms with Crippen LogP contribution in [0.5, 0.6) is 11.5 Å². The Morgan fingerprint density at radius 3 is 1.30 bits per heavy atom. The molecule has 0 fully saturated rings. The molecule has 0 N–H and O–H groups in total. The predicted molar refractivity (Wildman–Crippen MR) is 179 cm³/mol. The number of ether oxygens (including phenoxy) is 2. The lowest BCUT2D eigenvalue weighted by Crippen LogP contribution is -1.96. The van der Waals surface area contributed by atoms with E-state index < -0.39 is 0 Å². The molecule has 0 radical (unpaired) electrons. The Labute approximate surface area is 265 Å². The van der Waals surface area contributed by atoms with Gasteiger partial charge in [0.05, 0.1) is 71.3 Å². The number of hydrogen-bond donors (Lipinski definition) is 0. The Bertz CT molecular complexity index is 2190. The van der Waals surface area contributed by atoms with E-state index in [-0.39, 0.29) is 0 Å². The smallest absolute Gasteiger partial charge is 0.118 e. The molecule has 7 rings (SSSR count). The van der Waals surface area contributed by atoms with E-state index >= 15 is 0 Å². The van der Waals surface area contributed by atoms with Crippen LogP contribution in [-0.4, -0.2) is 29.2 Å². The van der Waals surface area contributed by atoms with Crippen LogP contribution in [-0.2, 0) is 0 Å². The zero-order valence-electron chi connectivity index (χ0n) is 25.0. The second-order valence-electron chi connectivity index (χ2n) is 10.7. The van der Waals surface area contributed by atoms with Gasteiger partial charge in [0.1, 0.15) is 11.5 Å². The van der Waals surface area contributed by atoms with Crippen LogP contribution in [0.25, 0.3) is 66.8 Å². The molecule has 0 aliphatic heterocycles. The first-order valence-electron chi connectivity index (χ1n) is 14.5. The van der Waals surface area contributed by atoms with Crippen LogP contribution in [0.4, 0.5) is 0 Å². The molecule has 4 aromatic carbocycles. The van der Waals surface area contributed by atoms with Crippen molar-refractivity contribution in [2.24, 2.45) is 0 Å². The fourth-order valence-electron chi connectivity index (χ4n) is 5.59. The molecule has 0 saturated heterocycles. The first-order chi connectivity index (χ1) is 22.6. The number of fused-ring (bicyclic) bond motifs is 2. The summed E-state index contributed by atoms with van der Waals surface area (Å²) >= 11 is 0. The molecule has 7 heteroatoms. The molecule has 0 aliphatic rings. The van der Waals surface area contributed by atoms with E-state index in [0.717, 1.165) is 55.6 Å². The van der Waals surface area contributed by atoms with E-state index in [4.69, 9.17) is 24.4 Å². The molecule has 0 amide bonds. The Hall–Kier alpha value is -6.57. The summed E-state index contributed by atoms with van der Waals surface area (Å²) in [6, 6.07) is 41.0. The zero-order valence-corrected chi connectivity index (χ0v) is 25.0. The van der Waals surface area contributed by atoms with Gasteiger partial charge in [0.25, 0.3) is 0 Å². The predicted octanol–water partition coefficient (Wildman–Crippen LogP) is 8.61. The van der Waals surface area contributed by atoms with Gasteiger partial charge in [0.2, 0.25) is 0 Å². The highest BCUT2D eigenvalue weighted by molar-refractivity contribution is 5.98. The summed E-state index contributed by atoms with van der Waals surface area (Å²) in [6.07, 6.45) is 0. The molecule has 218 valence electrons. The van der Waals surface area contributed by atoms with Gasteiger partial charge in [0, 0.05) is 10.8 Å². The maximum Gasteiger partial charge on any atom is 0.118 e. The molecule has 0 atom stereocenters. The van der Waals surface area contributed by atoms with Gasteiger partial charge < -0.3 is 9.47 Å². The van der Waals surface area contributed by atoms with Gasteiger partial charge >= 0.3 is 0 Å². The highest BCUT2D eigenvalue weighted by atomic mass is 16.5. The fraction of sp³-hybridized carbons (Fsp3) is 0.0513. The van der Waals surface area contributed by atoms with Gasteiger partial charge in [-0.3, -0.25) is 0 Å². The van der Waals surface area contributed by atoms with Crippen molar-refractivity contribution in [2.75, 3.05) is 14.2 Å². The number of nitriles is 2. The molecule has 7 aromatic rings. The quantitative estimate of drug-likeness (QED) is 0.190. The maximum atomic E-state index is 9.58. The number of methoxy groups -OCH3 is 2. The second kappa shape index (κ2) is 11.8. The Balaban J connectivity index is 1.39. The minimum absolute atomic E-state index is 0.564. The third kappa shape index (κ3) is 5.23. The number of hydrogen-bond acceptors (Lipinski definition) is 7. The molecule has 0 bridgehead atoms. The standard InChI is InChI=1S/C39H25N5O2/c1-45-28-12-8-26(9-13-28)30-20-38(42-34-16-6-24(22-40)18-32(30)34)36-4-3-5-37(44-36)39-21-31(27-10-14-29(46-2)15-11-27)33-19-25(23-41)7-17-35(33)43-39/h3-21H,1-2H3. The first-order valence-corrected chi connectivity index (χ1v) is 14.5. The molecular weight excluding hydrogens is 570 g/mol. The van der Waals surface area contributed by atoms with Gasteiger partial charge in [0.15, 0.2) is 0 Å². The van der Waals surface area contributed by atoms with Crippen molar-refractivity contribution in [3.8, 4) is 68.7 Å². The summed E-state index contributed by atoms with van der Waals surface area (Å²) in [5.41, 5.74) is 9.22. The van der Waals surface area contributed by atoms with E-state index in [1.165, 1.54) is 0 Å². The number of pyridine rings is 3. The van der Waals surface area contributed by atoms with Gasteiger partial charge in [-0.05, 0) is 107 Å². The molecular formula is C39H25N5O2. The highest BCUT2D eigenvalue weighted by Gasteiger charge is 2.15. The number of rotatable bonds is 6. The van der Waals surface area contributed by atoms with E-state index in [1.807, 2.05) is 103 Å². The monoisotopic (exact) mass is 595 g/mol. The van der Waals surface area contributed by atoms with Crippen LogP contribution >= 0.6 is 0 Å². The number of benzene rings is 4. The van der Waals surface area contributed by atoms with Crippen LogP contribution in [0, 0.1) is 22.7 Å². The third-order valence-corrected chi connectivity index (χ3v) is 7.95. The van der Waals surface area contributed by atoms with Gasteiger partial charge in [-0.2, -0.15) is 10.5 Å². The summed E-state index contributed by atoms with van der Waals surface area (Å²) < 4.78 is 10.7. The molecule has 0 saturated carbocycles. The Morgan fingerprint density at radius 1 is 0.478 bits per heavy atom. The number of aromatic nitrogens is 3. The lowest BCUT2D eigenvalue weighted by molar-refractivity contribution is 0.415. The molecule has 3 aromatic heterocycles. The largest absolute Gasteiger partial charge is 0.497 e. The first kappa shape index (κ1) is 28.2.